The SMILES string of the molecule is COC1CCC(C2CNC(NC3CCCC(C(=O)NCC(C)O)C3)NC2)CC1. The molecule has 0 aromatic heterocycles. The summed E-state index contributed by atoms with van der Waals surface area (Å²) in [6, 6.07) is 0.356. The molecule has 0 radical (unpaired) electrons. The van der Waals surface area contributed by atoms with E-state index in [1.165, 1.54) is 25.7 Å². The Hall–Kier alpha value is -0.730. The number of nitrogens with one attached hydrogen (secondary N) is 4. The first kappa shape index (κ1) is 22.0. The van der Waals surface area contributed by atoms with Crippen molar-refractivity contribution in [2.75, 3.05) is 26.7 Å². The maximum absolute atomic E-state index is 12.3. The molecule has 2 aliphatic carbocycles. The van der Waals surface area contributed by atoms with Gasteiger partial charge in [-0.05, 0) is 63.7 Å². The van der Waals surface area contributed by atoms with Gasteiger partial charge in [0.25, 0.3) is 0 Å². The molecule has 0 spiro atoms. The van der Waals surface area contributed by atoms with Crippen molar-refractivity contribution in [2.24, 2.45) is 17.8 Å². The molecule has 3 aliphatic rings. The predicted molar refractivity (Wildman–Crippen MR) is 110 cm³/mol. The molecule has 28 heavy (non-hydrogen) atoms. The Bertz CT molecular complexity index is 474. The van der Waals surface area contributed by atoms with Crippen molar-refractivity contribution in [2.45, 2.75) is 82.8 Å². The summed E-state index contributed by atoms with van der Waals surface area (Å²) < 4.78 is 5.50. The van der Waals surface area contributed by atoms with Crippen LogP contribution >= 0.6 is 0 Å². The Morgan fingerprint density at radius 3 is 2.46 bits per heavy atom. The summed E-state index contributed by atoms with van der Waals surface area (Å²) in [5.41, 5.74) is 0. The number of amides is 1. The second-order valence-corrected chi connectivity index (χ2v) is 9.10. The van der Waals surface area contributed by atoms with Crippen molar-refractivity contribution in [3.8, 4) is 0 Å². The number of ether oxygens (including phenoxy) is 1. The number of methoxy groups -OCH3 is 1. The zero-order chi connectivity index (χ0) is 19.9. The van der Waals surface area contributed by atoms with Gasteiger partial charge in [-0.1, -0.05) is 6.42 Å². The van der Waals surface area contributed by atoms with Gasteiger partial charge in [-0.3, -0.25) is 20.7 Å². The summed E-state index contributed by atoms with van der Waals surface area (Å²) in [5.74, 6) is 1.63. The van der Waals surface area contributed by atoms with Gasteiger partial charge in [-0.25, -0.2) is 0 Å². The molecule has 3 atom stereocenters. The van der Waals surface area contributed by atoms with E-state index in [2.05, 4.69) is 21.3 Å². The van der Waals surface area contributed by atoms with Crippen LogP contribution in [0.4, 0.5) is 0 Å². The summed E-state index contributed by atoms with van der Waals surface area (Å²) >= 11 is 0. The molecule has 0 aromatic carbocycles. The van der Waals surface area contributed by atoms with Crippen molar-refractivity contribution in [3.63, 3.8) is 0 Å². The van der Waals surface area contributed by atoms with Crippen LogP contribution < -0.4 is 21.3 Å². The van der Waals surface area contributed by atoms with Crippen molar-refractivity contribution < 1.29 is 14.6 Å². The largest absolute Gasteiger partial charge is 0.392 e. The highest BCUT2D eigenvalue weighted by molar-refractivity contribution is 5.78. The first-order valence-electron chi connectivity index (χ1n) is 11.3. The van der Waals surface area contributed by atoms with Crippen LogP contribution in [0.3, 0.4) is 0 Å². The molecule has 1 heterocycles. The minimum absolute atomic E-state index is 0.0531. The fourth-order valence-electron chi connectivity index (χ4n) is 5.14. The van der Waals surface area contributed by atoms with Gasteiger partial charge in [0.2, 0.25) is 5.91 Å². The van der Waals surface area contributed by atoms with E-state index >= 15 is 0 Å². The van der Waals surface area contributed by atoms with E-state index in [0.29, 0.717) is 24.6 Å². The number of aliphatic hydroxyl groups is 1. The molecule has 7 heteroatoms. The second kappa shape index (κ2) is 10.9. The monoisotopic (exact) mass is 396 g/mol. The number of carbonyl (C=O) groups excluding carboxylic acids is 1. The van der Waals surface area contributed by atoms with Crippen LogP contribution in [0.1, 0.15) is 58.3 Å². The molecule has 0 aromatic rings. The molecule has 2 saturated carbocycles. The van der Waals surface area contributed by atoms with Gasteiger partial charge >= 0.3 is 0 Å². The fraction of sp³-hybridized carbons (Fsp3) is 0.952. The minimum atomic E-state index is -0.491. The van der Waals surface area contributed by atoms with Crippen molar-refractivity contribution in [1.29, 1.82) is 0 Å². The molecular weight excluding hydrogens is 356 g/mol. The van der Waals surface area contributed by atoms with E-state index in [0.717, 1.165) is 44.7 Å². The lowest BCUT2D eigenvalue weighted by Crippen LogP contribution is -2.63. The van der Waals surface area contributed by atoms with Gasteiger partial charge in [-0.15, -0.1) is 0 Å². The molecule has 7 nitrogen and oxygen atoms in total. The third kappa shape index (κ3) is 6.39. The highest BCUT2D eigenvalue weighted by Crippen LogP contribution is 2.32. The summed E-state index contributed by atoms with van der Waals surface area (Å²) in [4.78, 5) is 12.3. The molecule has 0 bridgehead atoms. The van der Waals surface area contributed by atoms with Gasteiger partial charge in [0, 0.05) is 38.7 Å². The topological polar surface area (TPSA) is 94.7 Å². The Balaban J connectivity index is 1.36. The Kier molecular flexibility index (Phi) is 8.53. The average Bonchev–Trinajstić information content (AvgIpc) is 2.73. The van der Waals surface area contributed by atoms with Crippen molar-refractivity contribution in [1.82, 2.24) is 21.3 Å². The Labute approximate surface area is 169 Å². The molecule has 1 aliphatic heterocycles. The quantitative estimate of drug-likeness (QED) is 0.440. The predicted octanol–water partition coefficient (Wildman–Crippen LogP) is 0.930. The summed E-state index contributed by atoms with van der Waals surface area (Å²) in [6.07, 6.45) is 9.05. The standard InChI is InChI=1S/C21H40N4O3/c1-14(26)11-22-20(27)16-4-3-5-18(10-16)25-21-23-12-17(13-24-21)15-6-8-19(28-2)9-7-15/h14-19,21,23-26H,3-13H2,1-2H3,(H,22,27). The van der Waals surface area contributed by atoms with Crippen molar-refractivity contribution in [3.05, 3.63) is 0 Å². The molecule has 3 rings (SSSR count). The summed E-state index contributed by atoms with van der Waals surface area (Å²) in [5, 5.41) is 23.2. The number of hydrogen-bond acceptors (Lipinski definition) is 6. The van der Waals surface area contributed by atoms with Crippen LogP contribution in [-0.4, -0.2) is 62.3 Å². The summed E-state index contributed by atoms with van der Waals surface area (Å²) in [6.45, 7) is 4.14. The molecule has 3 unspecified atom stereocenters. The van der Waals surface area contributed by atoms with Gasteiger partial charge in [-0.2, -0.15) is 0 Å². The molecule has 1 amide bonds. The highest BCUT2D eigenvalue weighted by Gasteiger charge is 2.32. The molecule has 1 saturated heterocycles. The van der Waals surface area contributed by atoms with E-state index < -0.39 is 6.10 Å². The van der Waals surface area contributed by atoms with Gasteiger partial charge in [0.15, 0.2) is 0 Å². The first-order valence-corrected chi connectivity index (χ1v) is 11.3. The maximum atomic E-state index is 12.3. The van der Waals surface area contributed by atoms with E-state index in [1.54, 1.807) is 6.92 Å². The normalized spacial score (nSPS) is 38.0. The third-order valence-electron chi connectivity index (χ3n) is 6.91. The van der Waals surface area contributed by atoms with Gasteiger partial charge < -0.3 is 15.2 Å². The summed E-state index contributed by atoms with van der Waals surface area (Å²) in [7, 11) is 1.83. The van der Waals surface area contributed by atoms with Crippen molar-refractivity contribution >= 4 is 5.91 Å². The number of aliphatic hydroxyl groups excluding tert-OH is 1. The zero-order valence-corrected chi connectivity index (χ0v) is 17.6. The fourth-order valence-corrected chi connectivity index (χ4v) is 5.14. The van der Waals surface area contributed by atoms with Crippen LogP contribution in [0.2, 0.25) is 0 Å². The Morgan fingerprint density at radius 1 is 1.11 bits per heavy atom. The van der Waals surface area contributed by atoms with Crippen LogP contribution in [-0.2, 0) is 9.53 Å². The second-order valence-electron chi connectivity index (χ2n) is 9.10. The van der Waals surface area contributed by atoms with E-state index in [-0.39, 0.29) is 18.1 Å². The van der Waals surface area contributed by atoms with E-state index in [4.69, 9.17) is 4.74 Å². The smallest absolute Gasteiger partial charge is 0.223 e. The van der Waals surface area contributed by atoms with E-state index in [1.807, 2.05) is 7.11 Å². The third-order valence-corrected chi connectivity index (χ3v) is 6.91. The van der Waals surface area contributed by atoms with Crippen LogP contribution in [0.25, 0.3) is 0 Å². The van der Waals surface area contributed by atoms with E-state index in [9.17, 15) is 9.90 Å². The lowest BCUT2D eigenvalue weighted by atomic mass is 9.78. The minimum Gasteiger partial charge on any atom is -0.392 e. The number of hydrogen-bond donors (Lipinski definition) is 5. The van der Waals surface area contributed by atoms with Crippen LogP contribution in [0.15, 0.2) is 0 Å². The lowest BCUT2D eigenvalue weighted by Gasteiger charge is -2.40. The van der Waals surface area contributed by atoms with Gasteiger partial charge in [0.05, 0.1) is 12.2 Å². The van der Waals surface area contributed by atoms with Crippen LogP contribution in [0.5, 0.6) is 0 Å². The molecule has 162 valence electrons. The first-order chi connectivity index (χ1) is 13.5. The number of rotatable bonds is 7. The Morgan fingerprint density at radius 2 is 1.82 bits per heavy atom. The van der Waals surface area contributed by atoms with Gasteiger partial charge in [0.1, 0.15) is 6.29 Å². The van der Waals surface area contributed by atoms with Crippen LogP contribution in [0, 0.1) is 17.8 Å². The zero-order valence-electron chi connectivity index (χ0n) is 17.6. The number of carbonyl (C=O) groups is 1. The maximum Gasteiger partial charge on any atom is 0.223 e. The molecular formula is C21H40N4O3. The molecule has 3 fully saturated rings. The average molecular weight is 397 g/mol. The molecule has 5 N–H and O–H groups in total. The highest BCUT2D eigenvalue weighted by atomic mass is 16.5. The lowest BCUT2D eigenvalue weighted by molar-refractivity contribution is -0.126.